The molecular formula is C52H69N5O13. The molecule has 0 unspecified atom stereocenters. The van der Waals surface area contributed by atoms with Crippen LogP contribution in [0.3, 0.4) is 0 Å². The first kappa shape index (κ1) is 53.5. The second-order valence-corrected chi connectivity index (χ2v) is 19.9. The molecule has 18 heteroatoms. The van der Waals surface area contributed by atoms with Crippen LogP contribution < -0.4 is 20.8 Å². The van der Waals surface area contributed by atoms with Crippen LogP contribution in [0.2, 0.25) is 0 Å². The Labute approximate surface area is 409 Å². The van der Waals surface area contributed by atoms with Gasteiger partial charge < -0.3 is 59.2 Å². The molecular weight excluding hydrogens is 903 g/mol. The Kier molecular flexibility index (Phi) is 16.6. The number of aliphatic hydroxyl groups is 2. The largest absolute Gasteiger partial charge is 0.507 e. The molecule has 0 saturated carbocycles. The molecule has 0 aliphatic carbocycles. The van der Waals surface area contributed by atoms with Gasteiger partial charge in [0.25, 0.3) is 11.7 Å². The molecule has 5 N–H and O–H groups in total. The Morgan fingerprint density at radius 1 is 0.986 bits per heavy atom. The molecule has 9 atom stereocenters. The van der Waals surface area contributed by atoms with Crippen molar-refractivity contribution in [1.29, 1.82) is 0 Å². The van der Waals surface area contributed by atoms with Crippen molar-refractivity contribution >= 4 is 40.1 Å². The topological polar surface area (TPSA) is 239 Å². The molecule has 70 heavy (non-hydrogen) atoms. The number of rotatable bonds is 9. The van der Waals surface area contributed by atoms with Gasteiger partial charge in [-0.1, -0.05) is 59.8 Å². The van der Waals surface area contributed by atoms with Crippen molar-refractivity contribution in [2.75, 3.05) is 59.3 Å². The zero-order chi connectivity index (χ0) is 51.6. The van der Waals surface area contributed by atoms with Crippen molar-refractivity contribution in [2.45, 2.75) is 111 Å². The zero-order valence-electron chi connectivity index (χ0n) is 42.1. The van der Waals surface area contributed by atoms with Gasteiger partial charge in [0.15, 0.2) is 5.75 Å². The minimum absolute atomic E-state index is 0.0409. The quantitative estimate of drug-likeness (QED) is 0.104. The third-order valence-corrected chi connectivity index (χ3v) is 13.9. The SMILES string of the molecule is C#C[C@@]12O/C=C/[C@H](OC)[C@@H](C)[C@@H](OC(=O)CC(=O)OCCN(C)C)[C@H](C)[C@H](O)[C@H](C)[C@@H](O)[C@@H](C)/C=C/C=C(/C)C(=O)N=c3c(O)c4c(O)c(C)c(c(c4c4c3=NC3(CCN(CC(C)C)CC3)N4)C1=O)O2. The van der Waals surface area contributed by atoms with Gasteiger partial charge >= 0.3 is 17.7 Å². The second-order valence-electron chi connectivity index (χ2n) is 19.9. The number of Topliss-reactive ketones (excluding diaryl/α,β-unsaturated/α-hetero) is 1. The minimum Gasteiger partial charge on any atom is -0.507 e. The smallest absolute Gasteiger partial charge is 0.383 e. The van der Waals surface area contributed by atoms with Gasteiger partial charge in [0.05, 0.1) is 41.2 Å². The summed E-state index contributed by atoms with van der Waals surface area (Å²) >= 11 is 0. The molecule has 0 aromatic heterocycles. The highest BCUT2D eigenvalue weighted by molar-refractivity contribution is 6.22. The van der Waals surface area contributed by atoms with E-state index in [1.165, 1.54) is 33.1 Å². The van der Waals surface area contributed by atoms with Gasteiger partial charge in [0.1, 0.15) is 47.0 Å². The van der Waals surface area contributed by atoms with Crippen molar-refractivity contribution < 1.29 is 63.3 Å². The van der Waals surface area contributed by atoms with Crippen LogP contribution in [0.15, 0.2) is 46.1 Å². The Hall–Kier alpha value is -5.84. The average molecular weight is 972 g/mol. The summed E-state index contributed by atoms with van der Waals surface area (Å²) in [6, 6.07) is 0. The lowest BCUT2D eigenvalue weighted by atomic mass is 9.78. The van der Waals surface area contributed by atoms with Gasteiger partial charge in [-0.25, -0.2) is 4.99 Å². The van der Waals surface area contributed by atoms with Gasteiger partial charge in [-0.3, -0.25) is 24.2 Å². The number of nitrogens with one attached hydrogen (secondary N) is 1. The number of likely N-dealkylation sites (N-methyl/N-ethyl adjacent to an activating group) is 1. The van der Waals surface area contributed by atoms with Gasteiger partial charge in [-0.05, 0) is 45.9 Å². The fourth-order valence-electron chi connectivity index (χ4n) is 9.73. The van der Waals surface area contributed by atoms with E-state index in [-0.39, 0.29) is 56.2 Å². The number of piperidine rings is 1. The van der Waals surface area contributed by atoms with Crippen molar-refractivity contribution in [3.05, 3.63) is 58.0 Å². The van der Waals surface area contributed by atoms with E-state index in [9.17, 15) is 39.6 Å². The fraction of sp³-hybridized carbons (Fsp3) is 0.577. The summed E-state index contributed by atoms with van der Waals surface area (Å²) in [6.45, 7) is 16.8. The number of ether oxygens (including phenoxy) is 5. The third kappa shape index (κ3) is 10.7. The van der Waals surface area contributed by atoms with Crippen molar-refractivity contribution in [3.63, 3.8) is 0 Å². The molecule has 4 aliphatic rings. The van der Waals surface area contributed by atoms with Gasteiger partial charge in [-0.15, -0.1) is 6.42 Å². The lowest BCUT2D eigenvalue weighted by molar-refractivity contribution is -0.167. The number of carbonyl (C=O) groups is 4. The second kappa shape index (κ2) is 21.7. The highest BCUT2D eigenvalue weighted by Crippen LogP contribution is 2.51. The summed E-state index contributed by atoms with van der Waals surface area (Å²) in [7, 11) is 5.01. The number of aromatic hydroxyl groups is 2. The summed E-state index contributed by atoms with van der Waals surface area (Å²) in [5.74, 6) is -7.16. The number of ketones is 1. The Balaban J connectivity index is 1.49. The number of allylic oxidation sites excluding steroid dienone is 2. The molecule has 1 amide bonds. The highest BCUT2D eigenvalue weighted by Gasteiger charge is 2.53. The number of carbonyl (C=O) groups excluding carboxylic acids is 4. The van der Waals surface area contributed by atoms with E-state index in [4.69, 9.17) is 35.1 Å². The molecule has 6 rings (SSSR count). The molecule has 1 saturated heterocycles. The van der Waals surface area contributed by atoms with Crippen LogP contribution in [0.1, 0.15) is 83.7 Å². The fourth-order valence-corrected chi connectivity index (χ4v) is 9.73. The zero-order valence-corrected chi connectivity index (χ0v) is 42.1. The number of methoxy groups -OCH3 is 1. The molecule has 2 aromatic carbocycles. The monoisotopic (exact) mass is 971 g/mol. The number of aliphatic hydroxyl groups excluding tert-OH is 2. The van der Waals surface area contributed by atoms with E-state index in [1.807, 2.05) is 19.0 Å². The number of phenols is 2. The van der Waals surface area contributed by atoms with Crippen molar-refractivity contribution in [2.24, 2.45) is 39.6 Å². The Morgan fingerprint density at radius 3 is 2.30 bits per heavy atom. The van der Waals surface area contributed by atoms with Crippen LogP contribution in [-0.2, 0) is 33.3 Å². The first-order chi connectivity index (χ1) is 33.0. The molecule has 0 radical (unpaired) electrons. The first-order valence-corrected chi connectivity index (χ1v) is 23.9. The van der Waals surface area contributed by atoms with Gasteiger partial charge in [0.2, 0.25) is 0 Å². The number of fused-ring (bicyclic) bond motifs is 1. The lowest BCUT2D eigenvalue weighted by Crippen LogP contribution is -2.47. The van der Waals surface area contributed by atoms with Crippen LogP contribution in [-0.4, -0.2) is 144 Å². The number of anilines is 1. The summed E-state index contributed by atoms with van der Waals surface area (Å²) in [4.78, 5) is 68.7. The maximum absolute atomic E-state index is 15.0. The van der Waals surface area contributed by atoms with E-state index in [0.717, 1.165) is 12.8 Å². The van der Waals surface area contributed by atoms with E-state index >= 15 is 0 Å². The van der Waals surface area contributed by atoms with Gasteiger partial charge in [0, 0.05) is 86.3 Å². The van der Waals surface area contributed by atoms with Crippen LogP contribution in [0, 0.1) is 48.9 Å². The Bertz CT molecular complexity index is 2630. The van der Waals surface area contributed by atoms with E-state index in [1.54, 1.807) is 39.8 Å². The number of benzene rings is 2. The number of phenolic OH excluding ortho intramolecular Hbond substituents is 2. The van der Waals surface area contributed by atoms with Gasteiger partial charge in [-0.2, -0.15) is 0 Å². The standard InChI is InChI=1S/C52H69N5O13/c1-13-52-49(64)39-37-38(45(62)33(9)48(39)70-52)46(63)42(41-40(37)54-51(55-41)18-20-57(21-19-51)26-27(2)3)53-50(65)29(5)16-14-15-28(4)43(60)31(7)44(61)32(8)47(30(6)34(66-12)17-23-68-52)69-36(59)25-35(58)67-24-22-56(10)11/h1,14-17,23,27-28,30-32,34,43-44,47,54,60-63H,18-22,24-26H2,2-12H3/b15-14+,23-17+,29-16-,53-42?/t28-,30+,31+,32+,34-,43-,44+,47+,52-/m0/s1. The predicted molar refractivity (Wildman–Crippen MR) is 259 cm³/mol. The maximum atomic E-state index is 15.0. The molecule has 1 spiro atoms. The van der Waals surface area contributed by atoms with Crippen LogP contribution in [0.5, 0.6) is 17.2 Å². The minimum atomic E-state index is -2.45. The van der Waals surface area contributed by atoms with Crippen LogP contribution in [0.4, 0.5) is 5.69 Å². The van der Waals surface area contributed by atoms with E-state index < -0.39 is 101 Å². The number of esters is 2. The average Bonchev–Trinajstić information content (AvgIpc) is 3.83. The summed E-state index contributed by atoms with van der Waals surface area (Å²) in [6.07, 6.45) is 9.20. The highest BCUT2D eigenvalue weighted by atomic mass is 16.7. The molecule has 4 aliphatic heterocycles. The predicted octanol–water partition coefficient (Wildman–Crippen LogP) is 3.84. The molecule has 4 heterocycles. The van der Waals surface area contributed by atoms with Crippen LogP contribution >= 0.6 is 0 Å². The molecule has 1 fully saturated rings. The van der Waals surface area contributed by atoms with Crippen molar-refractivity contribution in [1.82, 2.24) is 9.80 Å². The molecule has 2 aromatic rings. The maximum Gasteiger partial charge on any atom is 0.383 e. The number of likely N-dealkylation sites (tertiary alicyclic amines) is 1. The summed E-state index contributed by atoms with van der Waals surface area (Å²) in [5, 5.41) is 50.8. The van der Waals surface area contributed by atoms with E-state index in [0.29, 0.717) is 38.4 Å². The number of amides is 1. The summed E-state index contributed by atoms with van der Waals surface area (Å²) in [5.41, 5.74) is -0.597. The molecule has 18 nitrogen and oxygen atoms in total. The lowest BCUT2D eigenvalue weighted by Gasteiger charge is -2.38. The Morgan fingerprint density at radius 2 is 1.67 bits per heavy atom. The van der Waals surface area contributed by atoms with Crippen molar-refractivity contribution in [3.8, 4) is 29.6 Å². The number of hydrogen-bond donors (Lipinski definition) is 5. The third-order valence-electron chi connectivity index (χ3n) is 13.9. The first-order valence-electron chi connectivity index (χ1n) is 23.9. The number of nitrogens with zero attached hydrogens (tertiary/aromatic N) is 4. The molecule has 380 valence electrons. The summed E-state index contributed by atoms with van der Waals surface area (Å²) < 4.78 is 29.3. The number of terminal acetylenes is 1. The van der Waals surface area contributed by atoms with E-state index in [2.05, 4.69) is 35.0 Å². The van der Waals surface area contributed by atoms with Crippen LogP contribution in [0.25, 0.3) is 10.8 Å². The normalized spacial score (nSPS) is 29.8. The number of hydrogen-bond acceptors (Lipinski definition) is 17. The molecule has 4 bridgehead atoms.